The number of methoxy groups -OCH3 is 1. The number of hydrogen-bond acceptors (Lipinski definition) is 12. The van der Waals surface area contributed by atoms with Crippen LogP contribution in [-0.4, -0.2) is 85.9 Å². The maximum Gasteiger partial charge on any atom is 0.237 e. The Bertz CT molecular complexity index is 1840. The standard InChI is InChI=1S/C32H41N9O3S2/c1-6-20-17-25(27(44-5)18-26(20)41-15-11-21(12-16-41)39(2)3)37-32-35-19-28(45)31(38-32)36-24-10-9-23-29(34-14-13-33-23)30(24)40(4)46(42,43)22-7-8-22/h9-10,13-14,17-19,21-22,45H,6-8,11-12,15-16H2,1-5H3,(H2,35,36,37,38). The van der Waals surface area contributed by atoms with Crippen LogP contribution in [0.25, 0.3) is 11.0 Å². The van der Waals surface area contributed by atoms with Crippen molar-refractivity contribution in [1.29, 1.82) is 0 Å². The highest BCUT2D eigenvalue weighted by Gasteiger charge is 2.40. The molecule has 0 atom stereocenters. The lowest BCUT2D eigenvalue weighted by Crippen LogP contribution is -2.42. The Balaban J connectivity index is 1.30. The first-order valence-corrected chi connectivity index (χ1v) is 17.5. The summed E-state index contributed by atoms with van der Waals surface area (Å²) >= 11 is 4.61. The van der Waals surface area contributed by atoms with E-state index in [1.807, 2.05) is 0 Å². The number of anilines is 6. The molecule has 2 aromatic heterocycles. The van der Waals surface area contributed by atoms with Crippen LogP contribution in [0, 0.1) is 0 Å². The maximum atomic E-state index is 13.3. The SMILES string of the molecule is CCc1cc(Nc2ncc(S)c(Nc3ccc4nccnc4c3N(C)S(=O)(=O)C3CC3)n2)c(OC)cc1N1CCC(N(C)C)CC1. The second kappa shape index (κ2) is 13.1. The molecule has 1 aliphatic carbocycles. The van der Waals surface area contributed by atoms with Gasteiger partial charge in [-0.15, -0.1) is 12.6 Å². The molecular weight excluding hydrogens is 623 g/mol. The van der Waals surface area contributed by atoms with E-state index in [0.717, 1.165) is 38.0 Å². The monoisotopic (exact) mass is 663 g/mol. The first-order chi connectivity index (χ1) is 22.1. The highest BCUT2D eigenvalue weighted by molar-refractivity contribution is 7.93. The molecule has 1 saturated carbocycles. The zero-order chi connectivity index (χ0) is 32.6. The fourth-order valence-corrected chi connectivity index (χ4v) is 7.80. The van der Waals surface area contributed by atoms with Crippen LogP contribution in [0.2, 0.25) is 0 Å². The number of fused-ring (bicyclic) bond motifs is 1. The third kappa shape index (κ3) is 6.38. The van der Waals surface area contributed by atoms with Gasteiger partial charge < -0.3 is 25.2 Å². The number of benzene rings is 2. The van der Waals surface area contributed by atoms with Gasteiger partial charge in [-0.05, 0) is 70.0 Å². The van der Waals surface area contributed by atoms with Crippen LogP contribution in [0.4, 0.5) is 34.5 Å². The molecule has 2 fully saturated rings. The Morgan fingerprint density at radius 1 is 1.00 bits per heavy atom. The first-order valence-electron chi connectivity index (χ1n) is 15.5. The average Bonchev–Trinajstić information content (AvgIpc) is 3.92. The summed E-state index contributed by atoms with van der Waals surface area (Å²) in [6, 6.07) is 8.38. The fraction of sp³-hybridized carbons (Fsp3) is 0.438. The maximum absolute atomic E-state index is 13.3. The van der Waals surface area contributed by atoms with E-state index in [9.17, 15) is 8.42 Å². The van der Waals surface area contributed by atoms with Gasteiger partial charge in [-0.2, -0.15) is 4.98 Å². The molecule has 12 nitrogen and oxygen atoms in total. The lowest BCUT2D eigenvalue weighted by molar-refractivity contribution is 0.249. The predicted molar refractivity (Wildman–Crippen MR) is 187 cm³/mol. The van der Waals surface area contributed by atoms with E-state index in [-0.39, 0.29) is 0 Å². The number of nitrogens with zero attached hydrogens (tertiary/aromatic N) is 7. The molecular formula is C32H41N9O3S2. The van der Waals surface area contributed by atoms with E-state index in [2.05, 4.69) is 81.2 Å². The van der Waals surface area contributed by atoms with Gasteiger partial charge in [-0.1, -0.05) is 6.92 Å². The quantitative estimate of drug-likeness (QED) is 0.183. The summed E-state index contributed by atoms with van der Waals surface area (Å²) in [5.74, 6) is 1.43. The van der Waals surface area contributed by atoms with E-state index in [1.165, 1.54) is 15.6 Å². The molecule has 2 N–H and O–H groups in total. The average molecular weight is 664 g/mol. The first kappa shape index (κ1) is 32.1. The lowest BCUT2D eigenvalue weighted by atomic mass is 10.0. The highest BCUT2D eigenvalue weighted by Crippen LogP contribution is 2.41. The highest BCUT2D eigenvalue weighted by atomic mass is 32.2. The van der Waals surface area contributed by atoms with Crippen LogP contribution in [0.3, 0.4) is 0 Å². The smallest absolute Gasteiger partial charge is 0.237 e. The Hall–Kier alpha value is -3.88. The third-order valence-electron chi connectivity index (χ3n) is 8.84. The van der Waals surface area contributed by atoms with Crippen molar-refractivity contribution in [2.24, 2.45) is 0 Å². The van der Waals surface area contributed by atoms with Crippen LogP contribution in [-0.2, 0) is 16.4 Å². The normalized spacial score (nSPS) is 15.8. The van der Waals surface area contributed by atoms with Gasteiger partial charge in [0.15, 0.2) is 0 Å². The Kier molecular flexibility index (Phi) is 9.12. The summed E-state index contributed by atoms with van der Waals surface area (Å²) in [5, 5.41) is 6.25. The van der Waals surface area contributed by atoms with Crippen molar-refractivity contribution >= 4 is 68.2 Å². The largest absolute Gasteiger partial charge is 0.494 e. The summed E-state index contributed by atoms with van der Waals surface area (Å²) in [6.45, 7) is 4.14. The van der Waals surface area contributed by atoms with Crippen LogP contribution in [0.15, 0.2) is 47.8 Å². The molecule has 1 saturated heterocycles. The number of rotatable bonds is 11. The number of hydrogen-bond donors (Lipinski definition) is 3. The van der Waals surface area contributed by atoms with Gasteiger partial charge in [0.25, 0.3) is 0 Å². The van der Waals surface area contributed by atoms with E-state index in [1.54, 1.807) is 44.9 Å². The van der Waals surface area contributed by atoms with Crippen molar-refractivity contribution in [3.8, 4) is 5.75 Å². The number of aromatic nitrogens is 4. The van der Waals surface area contributed by atoms with Gasteiger partial charge in [-0.25, -0.2) is 13.4 Å². The van der Waals surface area contributed by atoms with Crippen molar-refractivity contribution in [1.82, 2.24) is 24.8 Å². The van der Waals surface area contributed by atoms with Gasteiger partial charge in [0.2, 0.25) is 16.0 Å². The van der Waals surface area contributed by atoms with E-state index in [4.69, 9.17) is 9.72 Å². The molecule has 3 heterocycles. The van der Waals surface area contributed by atoms with E-state index in [0.29, 0.717) is 63.7 Å². The van der Waals surface area contributed by atoms with Gasteiger partial charge in [0.05, 0.1) is 34.1 Å². The molecule has 2 aliphatic rings. The summed E-state index contributed by atoms with van der Waals surface area (Å²) in [6.07, 6.45) is 9.12. The Morgan fingerprint density at radius 2 is 1.74 bits per heavy atom. The predicted octanol–water partition coefficient (Wildman–Crippen LogP) is 5.23. The molecule has 0 radical (unpaired) electrons. The van der Waals surface area contributed by atoms with Crippen LogP contribution in [0.1, 0.15) is 38.2 Å². The van der Waals surface area contributed by atoms with Crippen molar-refractivity contribution in [3.05, 3.63) is 48.4 Å². The number of piperidine rings is 1. The lowest BCUT2D eigenvalue weighted by Gasteiger charge is -2.37. The van der Waals surface area contributed by atoms with Gasteiger partial charge in [0, 0.05) is 56.5 Å². The van der Waals surface area contributed by atoms with Crippen molar-refractivity contribution in [2.75, 3.05) is 61.2 Å². The summed E-state index contributed by atoms with van der Waals surface area (Å²) in [5.41, 5.74) is 5.11. The molecule has 0 amide bonds. The van der Waals surface area contributed by atoms with Crippen molar-refractivity contribution in [3.63, 3.8) is 0 Å². The van der Waals surface area contributed by atoms with Crippen LogP contribution < -0.4 is 24.6 Å². The van der Waals surface area contributed by atoms with Gasteiger partial charge >= 0.3 is 0 Å². The van der Waals surface area contributed by atoms with Crippen molar-refractivity contribution in [2.45, 2.75) is 55.2 Å². The fourth-order valence-electron chi connectivity index (χ4n) is 6.02. The Labute approximate surface area is 276 Å². The minimum atomic E-state index is -3.58. The molecule has 0 unspecified atom stereocenters. The number of ether oxygens (including phenoxy) is 1. The number of aryl methyl sites for hydroxylation is 1. The number of nitrogens with one attached hydrogen (secondary N) is 2. The van der Waals surface area contributed by atoms with E-state index >= 15 is 0 Å². The summed E-state index contributed by atoms with van der Waals surface area (Å²) in [7, 11) is 3.95. The summed E-state index contributed by atoms with van der Waals surface area (Å²) in [4.78, 5) is 23.4. The molecule has 6 rings (SSSR count). The Morgan fingerprint density at radius 3 is 2.41 bits per heavy atom. The molecule has 1 aliphatic heterocycles. The van der Waals surface area contributed by atoms with Gasteiger partial charge in [0.1, 0.15) is 22.8 Å². The molecule has 46 heavy (non-hydrogen) atoms. The molecule has 0 spiro atoms. The minimum absolute atomic E-state index is 0.335. The molecule has 2 aromatic carbocycles. The van der Waals surface area contributed by atoms with Crippen LogP contribution in [0.5, 0.6) is 5.75 Å². The number of sulfonamides is 1. The third-order valence-corrected chi connectivity index (χ3v) is 11.4. The molecule has 4 aromatic rings. The van der Waals surface area contributed by atoms with E-state index < -0.39 is 15.3 Å². The molecule has 0 bridgehead atoms. The van der Waals surface area contributed by atoms with Crippen LogP contribution >= 0.6 is 12.6 Å². The second-order valence-electron chi connectivity index (χ2n) is 12.0. The number of thiol groups is 1. The molecule has 14 heteroatoms. The molecule has 244 valence electrons. The second-order valence-corrected chi connectivity index (χ2v) is 14.7. The topological polar surface area (TPSA) is 129 Å². The summed E-state index contributed by atoms with van der Waals surface area (Å²) < 4.78 is 33.8. The zero-order valence-electron chi connectivity index (χ0n) is 26.9. The zero-order valence-corrected chi connectivity index (χ0v) is 28.6. The minimum Gasteiger partial charge on any atom is -0.494 e. The van der Waals surface area contributed by atoms with Gasteiger partial charge in [-0.3, -0.25) is 14.3 Å². The van der Waals surface area contributed by atoms with Crippen molar-refractivity contribution < 1.29 is 13.2 Å².